The van der Waals surface area contributed by atoms with Crippen LogP contribution in [0.3, 0.4) is 0 Å². The fourth-order valence-corrected chi connectivity index (χ4v) is 2.10. The van der Waals surface area contributed by atoms with Gasteiger partial charge in [-0.2, -0.15) is 0 Å². The molecule has 1 amide bonds. The monoisotopic (exact) mass is 348 g/mol. The third-order valence-corrected chi connectivity index (χ3v) is 3.23. The molecule has 2 aromatic heterocycles. The molecule has 2 N–H and O–H groups in total. The smallest absolute Gasteiger partial charge is 0.255 e. The maximum absolute atomic E-state index is 12.3. The van der Waals surface area contributed by atoms with E-state index in [4.69, 9.17) is 0 Å². The van der Waals surface area contributed by atoms with Crippen molar-refractivity contribution >= 4 is 27.7 Å². The van der Waals surface area contributed by atoms with Crippen molar-refractivity contribution in [3.05, 3.63) is 52.4 Å². The van der Waals surface area contributed by atoms with Crippen LogP contribution >= 0.6 is 15.9 Å². The third kappa shape index (κ3) is 4.53. The number of carbonyl (C=O) groups excluding carboxylic acids is 1. The van der Waals surface area contributed by atoms with Crippen LogP contribution in [0.4, 0.5) is 5.82 Å². The van der Waals surface area contributed by atoms with E-state index in [1.54, 1.807) is 18.5 Å². The lowest BCUT2D eigenvalue weighted by atomic mass is 10.2. The number of nitrogens with zero attached hydrogens (tertiary/aromatic N) is 2. The molecule has 0 spiro atoms. The molecular weight excluding hydrogens is 332 g/mol. The van der Waals surface area contributed by atoms with Crippen LogP contribution in [-0.2, 0) is 6.54 Å². The number of pyridine rings is 2. The lowest BCUT2D eigenvalue weighted by molar-refractivity contribution is 0.0951. The minimum Gasteiger partial charge on any atom is -0.369 e. The van der Waals surface area contributed by atoms with Crippen LogP contribution in [0.2, 0.25) is 0 Å². The van der Waals surface area contributed by atoms with Gasteiger partial charge < -0.3 is 10.6 Å². The first-order chi connectivity index (χ1) is 10.2. The van der Waals surface area contributed by atoms with Gasteiger partial charge in [-0.25, -0.2) is 4.98 Å². The van der Waals surface area contributed by atoms with Crippen LogP contribution in [0.15, 0.2) is 41.1 Å². The molecule has 2 heterocycles. The van der Waals surface area contributed by atoms with Crippen molar-refractivity contribution in [2.24, 2.45) is 0 Å². The van der Waals surface area contributed by atoms with E-state index in [-0.39, 0.29) is 5.91 Å². The summed E-state index contributed by atoms with van der Waals surface area (Å²) in [6, 6.07) is 7.37. The summed E-state index contributed by atoms with van der Waals surface area (Å²) in [5.41, 5.74) is 1.34. The fourth-order valence-electron chi connectivity index (χ4n) is 1.77. The lowest BCUT2D eigenvalue weighted by Gasteiger charge is -2.11. The van der Waals surface area contributed by atoms with Crippen LogP contribution in [0.1, 0.15) is 29.4 Å². The standard InChI is InChI=1S/C15H17BrN4O/c1-2-6-18-14-13(8-11(16)9-19-14)15(21)20-10-12-5-3-4-7-17-12/h3-5,7-9H,2,6,10H2,1H3,(H,18,19)(H,20,21). The Morgan fingerprint density at radius 2 is 2.19 bits per heavy atom. The molecule has 0 unspecified atom stereocenters. The molecule has 0 saturated heterocycles. The normalized spacial score (nSPS) is 10.2. The minimum absolute atomic E-state index is 0.173. The minimum atomic E-state index is -0.173. The van der Waals surface area contributed by atoms with E-state index in [0.717, 1.165) is 23.1 Å². The number of rotatable bonds is 6. The average molecular weight is 349 g/mol. The molecule has 21 heavy (non-hydrogen) atoms. The van der Waals surface area contributed by atoms with Crippen molar-refractivity contribution in [3.8, 4) is 0 Å². The summed E-state index contributed by atoms with van der Waals surface area (Å²) in [5, 5.41) is 6.02. The highest BCUT2D eigenvalue weighted by Gasteiger charge is 2.13. The van der Waals surface area contributed by atoms with E-state index in [0.29, 0.717) is 17.9 Å². The van der Waals surface area contributed by atoms with Crippen LogP contribution in [0, 0.1) is 0 Å². The number of hydrogen-bond acceptors (Lipinski definition) is 4. The van der Waals surface area contributed by atoms with Gasteiger partial charge in [0.2, 0.25) is 0 Å². The topological polar surface area (TPSA) is 66.9 Å². The second-order valence-electron chi connectivity index (χ2n) is 4.48. The van der Waals surface area contributed by atoms with Gasteiger partial charge in [0.15, 0.2) is 0 Å². The van der Waals surface area contributed by atoms with Gasteiger partial charge in [0.05, 0.1) is 17.8 Å². The highest BCUT2D eigenvalue weighted by molar-refractivity contribution is 9.10. The Morgan fingerprint density at radius 3 is 2.90 bits per heavy atom. The van der Waals surface area contributed by atoms with Crippen molar-refractivity contribution in [2.75, 3.05) is 11.9 Å². The second-order valence-corrected chi connectivity index (χ2v) is 5.40. The first kappa shape index (κ1) is 15.4. The lowest BCUT2D eigenvalue weighted by Crippen LogP contribution is -2.25. The number of aromatic nitrogens is 2. The molecule has 0 bridgehead atoms. The van der Waals surface area contributed by atoms with Crippen molar-refractivity contribution < 1.29 is 4.79 Å². The molecule has 2 rings (SSSR count). The van der Waals surface area contributed by atoms with Crippen molar-refractivity contribution in [2.45, 2.75) is 19.9 Å². The molecule has 0 aliphatic carbocycles. The summed E-state index contributed by atoms with van der Waals surface area (Å²) < 4.78 is 0.771. The molecule has 2 aromatic rings. The molecule has 110 valence electrons. The summed E-state index contributed by atoms with van der Waals surface area (Å²) in [7, 11) is 0. The molecule has 5 nitrogen and oxygen atoms in total. The van der Waals surface area contributed by atoms with E-state index in [9.17, 15) is 4.79 Å². The Kier molecular flexibility index (Phi) is 5.68. The van der Waals surface area contributed by atoms with Crippen LogP contribution in [0.25, 0.3) is 0 Å². The fraction of sp³-hybridized carbons (Fsp3) is 0.267. The highest BCUT2D eigenvalue weighted by atomic mass is 79.9. The van der Waals surface area contributed by atoms with Gasteiger partial charge in [-0.3, -0.25) is 9.78 Å². The first-order valence-corrected chi connectivity index (χ1v) is 7.57. The third-order valence-electron chi connectivity index (χ3n) is 2.80. The molecule has 0 aliphatic heterocycles. The molecular formula is C15H17BrN4O. The largest absolute Gasteiger partial charge is 0.369 e. The number of halogens is 1. The Labute approximate surface area is 132 Å². The van der Waals surface area contributed by atoms with Gasteiger partial charge in [-0.1, -0.05) is 13.0 Å². The number of nitrogens with one attached hydrogen (secondary N) is 2. The quantitative estimate of drug-likeness (QED) is 0.841. The molecule has 0 radical (unpaired) electrons. The van der Waals surface area contributed by atoms with Crippen molar-refractivity contribution in [1.82, 2.24) is 15.3 Å². The summed E-state index contributed by atoms with van der Waals surface area (Å²) in [4.78, 5) is 20.8. The Morgan fingerprint density at radius 1 is 1.33 bits per heavy atom. The van der Waals surface area contributed by atoms with Gasteiger partial charge >= 0.3 is 0 Å². The van der Waals surface area contributed by atoms with Gasteiger partial charge in [0.25, 0.3) is 5.91 Å². The molecule has 0 saturated carbocycles. The summed E-state index contributed by atoms with van der Waals surface area (Å²) in [6.45, 7) is 3.22. The Balaban J connectivity index is 2.08. The molecule has 6 heteroatoms. The average Bonchev–Trinajstić information content (AvgIpc) is 2.52. The van der Waals surface area contributed by atoms with E-state index in [1.165, 1.54) is 0 Å². The Hall–Kier alpha value is -1.95. The zero-order chi connectivity index (χ0) is 15.1. The van der Waals surface area contributed by atoms with Gasteiger partial charge in [0.1, 0.15) is 5.82 Å². The van der Waals surface area contributed by atoms with Crippen LogP contribution in [0.5, 0.6) is 0 Å². The predicted molar refractivity (Wildman–Crippen MR) is 86.1 cm³/mol. The van der Waals surface area contributed by atoms with Crippen molar-refractivity contribution in [1.29, 1.82) is 0 Å². The van der Waals surface area contributed by atoms with Crippen LogP contribution in [-0.4, -0.2) is 22.4 Å². The number of hydrogen-bond donors (Lipinski definition) is 2. The van der Waals surface area contributed by atoms with E-state index < -0.39 is 0 Å². The van der Waals surface area contributed by atoms with Crippen molar-refractivity contribution in [3.63, 3.8) is 0 Å². The maximum Gasteiger partial charge on any atom is 0.255 e. The van der Waals surface area contributed by atoms with Gasteiger partial charge in [-0.15, -0.1) is 0 Å². The highest BCUT2D eigenvalue weighted by Crippen LogP contribution is 2.18. The summed E-state index contributed by atoms with van der Waals surface area (Å²) >= 11 is 3.35. The predicted octanol–water partition coefficient (Wildman–Crippen LogP) is 2.99. The zero-order valence-corrected chi connectivity index (χ0v) is 13.4. The Bertz CT molecular complexity index is 604. The van der Waals surface area contributed by atoms with E-state index in [1.807, 2.05) is 18.2 Å². The van der Waals surface area contributed by atoms with E-state index >= 15 is 0 Å². The molecule has 0 aromatic carbocycles. The van der Waals surface area contributed by atoms with Gasteiger partial charge in [-0.05, 0) is 40.5 Å². The first-order valence-electron chi connectivity index (χ1n) is 6.78. The molecule has 0 atom stereocenters. The summed E-state index contributed by atoms with van der Waals surface area (Å²) in [5.74, 6) is 0.423. The van der Waals surface area contributed by atoms with Gasteiger partial charge in [0, 0.05) is 23.4 Å². The second kappa shape index (κ2) is 7.73. The van der Waals surface area contributed by atoms with Crippen LogP contribution < -0.4 is 10.6 Å². The zero-order valence-electron chi connectivity index (χ0n) is 11.8. The van der Waals surface area contributed by atoms with E-state index in [2.05, 4.69) is 43.5 Å². The molecule has 0 fully saturated rings. The summed E-state index contributed by atoms with van der Waals surface area (Å²) in [6.07, 6.45) is 4.34. The number of amides is 1. The molecule has 0 aliphatic rings. The maximum atomic E-state index is 12.3. The number of anilines is 1. The SMILES string of the molecule is CCCNc1ncc(Br)cc1C(=O)NCc1ccccn1. The number of carbonyl (C=O) groups is 1.